The molecular weight excluding hydrogens is 515 g/mol. The first-order valence-corrected chi connectivity index (χ1v) is 13.7. The predicted molar refractivity (Wildman–Crippen MR) is 148 cm³/mol. The first-order chi connectivity index (χ1) is 19.1. The first-order valence-electron chi connectivity index (χ1n) is 13.7. The zero-order valence-electron chi connectivity index (χ0n) is 23.5. The molecule has 9 nitrogen and oxygen atoms in total. The Kier molecular flexibility index (Phi) is 8.76. The number of esters is 1. The molecule has 2 heterocycles. The number of halogens is 1. The van der Waals surface area contributed by atoms with Crippen LogP contribution in [0.2, 0.25) is 0 Å². The van der Waals surface area contributed by atoms with Gasteiger partial charge in [0.25, 0.3) is 11.8 Å². The van der Waals surface area contributed by atoms with Gasteiger partial charge in [-0.25, -0.2) is 4.39 Å². The van der Waals surface area contributed by atoms with E-state index in [9.17, 15) is 23.6 Å². The van der Waals surface area contributed by atoms with Gasteiger partial charge >= 0.3 is 5.97 Å². The normalized spacial score (nSPS) is 17.4. The Bertz CT molecular complexity index is 1240. The van der Waals surface area contributed by atoms with Crippen molar-refractivity contribution in [3.05, 3.63) is 65.5 Å². The molecule has 2 saturated heterocycles. The fraction of sp³-hybridized carbons (Fsp3) is 0.467. The Balaban J connectivity index is 1.51. The smallest absolute Gasteiger partial charge is 0.325 e. The molecule has 4 rings (SSSR count). The van der Waals surface area contributed by atoms with E-state index in [1.54, 1.807) is 24.8 Å². The summed E-state index contributed by atoms with van der Waals surface area (Å²) in [5, 5.41) is 2.80. The summed E-state index contributed by atoms with van der Waals surface area (Å²) in [6, 6.07) is 12.8. The van der Waals surface area contributed by atoms with Crippen LogP contribution in [0.1, 0.15) is 49.5 Å². The minimum atomic E-state index is -0.902. The van der Waals surface area contributed by atoms with Gasteiger partial charge in [-0.1, -0.05) is 32.0 Å². The lowest BCUT2D eigenvalue weighted by atomic mass is 9.85. The van der Waals surface area contributed by atoms with E-state index in [2.05, 4.69) is 5.32 Å². The molecule has 1 N–H and O–H groups in total. The summed E-state index contributed by atoms with van der Waals surface area (Å²) in [7, 11) is 0. The van der Waals surface area contributed by atoms with Crippen molar-refractivity contribution >= 4 is 29.4 Å². The molecule has 0 aliphatic carbocycles. The number of likely N-dealkylation sites (tertiary alicyclic amines) is 1. The summed E-state index contributed by atoms with van der Waals surface area (Å²) in [5.74, 6) is -2.11. The van der Waals surface area contributed by atoms with Gasteiger partial charge in [0.05, 0.1) is 13.3 Å². The fourth-order valence-corrected chi connectivity index (χ4v) is 5.58. The molecule has 0 saturated carbocycles. The lowest BCUT2D eigenvalue weighted by Gasteiger charge is -2.44. The SMILES string of the molecule is CCOC(=O)CN1CN(c2ccccc2)C2(CCN(C(=O)[C@H](NC(=O)c3cc(C)cc(F)c3)C(C)C)CC2)C1=O. The van der Waals surface area contributed by atoms with Crippen molar-refractivity contribution in [1.82, 2.24) is 15.1 Å². The van der Waals surface area contributed by atoms with Crippen LogP contribution in [0.5, 0.6) is 0 Å². The molecule has 2 aliphatic rings. The molecule has 0 unspecified atom stereocenters. The highest BCUT2D eigenvalue weighted by Gasteiger charge is 2.54. The van der Waals surface area contributed by atoms with Crippen LogP contribution in [0.25, 0.3) is 0 Å². The van der Waals surface area contributed by atoms with Gasteiger partial charge in [0.2, 0.25) is 5.91 Å². The van der Waals surface area contributed by atoms with Crippen molar-refractivity contribution in [3.63, 3.8) is 0 Å². The number of hydrogen-bond acceptors (Lipinski definition) is 6. The van der Waals surface area contributed by atoms with Crippen molar-refractivity contribution in [2.45, 2.75) is 52.1 Å². The summed E-state index contributed by atoms with van der Waals surface area (Å²) in [6.45, 7) is 8.06. The third-order valence-corrected chi connectivity index (χ3v) is 7.63. The second-order valence-corrected chi connectivity index (χ2v) is 10.8. The summed E-state index contributed by atoms with van der Waals surface area (Å²) in [4.78, 5) is 57.8. The van der Waals surface area contributed by atoms with E-state index >= 15 is 0 Å². The quantitative estimate of drug-likeness (QED) is 0.506. The maximum Gasteiger partial charge on any atom is 0.325 e. The van der Waals surface area contributed by atoms with E-state index in [4.69, 9.17) is 4.74 Å². The molecular formula is C30H37FN4O5. The van der Waals surface area contributed by atoms with Crippen molar-refractivity contribution < 1.29 is 28.3 Å². The molecule has 2 aromatic rings. The number of amides is 3. The Morgan fingerprint density at radius 2 is 1.75 bits per heavy atom. The standard InChI is InChI=1S/C30H37FN4O5/c1-5-40-25(36)18-34-19-35(24-9-7-6-8-10-24)30(29(34)39)11-13-33(14-12-30)28(38)26(20(2)3)32-27(37)22-15-21(4)16-23(31)17-22/h6-10,15-17,20,26H,5,11-14,18-19H2,1-4H3,(H,32,37)/t26-/m1/s1. The van der Waals surface area contributed by atoms with Crippen molar-refractivity contribution in [2.75, 3.05) is 37.8 Å². The Morgan fingerprint density at radius 3 is 2.35 bits per heavy atom. The molecule has 0 aromatic heterocycles. The number of ether oxygens (including phenoxy) is 1. The Labute approximate surface area is 234 Å². The summed E-state index contributed by atoms with van der Waals surface area (Å²) >= 11 is 0. The van der Waals surface area contributed by atoms with E-state index in [1.807, 2.05) is 49.1 Å². The van der Waals surface area contributed by atoms with E-state index < -0.39 is 29.3 Å². The van der Waals surface area contributed by atoms with E-state index in [0.29, 0.717) is 31.5 Å². The fourth-order valence-electron chi connectivity index (χ4n) is 5.58. The highest BCUT2D eigenvalue weighted by molar-refractivity contribution is 5.98. The topological polar surface area (TPSA) is 99.3 Å². The number of hydrogen-bond donors (Lipinski definition) is 1. The maximum absolute atomic E-state index is 13.9. The highest BCUT2D eigenvalue weighted by Crippen LogP contribution is 2.39. The van der Waals surface area contributed by atoms with Crippen molar-refractivity contribution in [3.8, 4) is 0 Å². The molecule has 214 valence electrons. The zero-order valence-corrected chi connectivity index (χ0v) is 23.5. The number of aryl methyl sites for hydroxylation is 1. The van der Waals surface area contributed by atoms with Crippen LogP contribution in [-0.4, -0.2) is 78.0 Å². The molecule has 1 spiro atoms. The Hall–Kier alpha value is -3.95. The van der Waals surface area contributed by atoms with Crippen LogP contribution in [0.3, 0.4) is 0 Å². The van der Waals surface area contributed by atoms with E-state index in [0.717, 1.165) is 11.8 Å². The van der Waals surface area contributed by atoms with Gasteiger partial charge in [-0.2, -0.15) is 0 Å². The minimum absolute atomic E-state index is 0.137. The minimum Gasteiger partial charge on any atom is -0.465 e. The van der Waals surface area contributed by atoms with Gasteiger partial charge < -0.3 is 24.8 Å². The van der Waals surface area contributed by atoms with Gasteiger partial charge in [-0.15, -0.1) is 0 Å². The molecule has 2 aromatic carbocycles. The lowest BCUT2D eigenvalue weighted by Crippen LogP contribution is -2.60. The second kappa shape index (κ2) is 12.1. The Morgan fingerprint density at radius 1 is 1.07 bits per heavy atom. The number of carbonyl (C=O) groups is 4. The molecule has 2 fully saturated rings. The van der Waals surface area contributed by atoms with Gasteiger partial charge in [-0.3, -0.25) is 19.2 Å². The van der Waals surface area contributed by atoms with E-state index in [-0.39, 0.29) is 43.1 Å². The third kappa shape index (κ3) is 5.95. The van der Waals surface area contributed by atoms with E-state index in [1.165, 1.54) is 11.0 Å². The number of benzene rings is 2. The number of carbonyl (C=O) groups excluding carboxylic acids is 4. The molecule has 0 bridgehead atoms. The number of nitrogens with one attached hydrogen (secondary N) is 1. The average Bonchev–Trinajstić information content (AvgIpc) is 3.17. The largest absolute Gasteiger partial charge is 0.465 e. The molecule has 1 atom stereocenters. The molecule has 0 radical (unpaired) electrons. The summed E-state index contributed by atoms with van der Waals surface area (Å²) in [5.41, 5.74) is 0.727. The number of nitrogens with zero attached hydrogens (tertiary/aromatic N) is 3. The maximum atomic E-state index is 13.9. The summed E-state index contributed by atoms with van der Waals surface area (Å²) < 4.78 is 19.0. The van der Waals surface area contributed by atoms with Gasteiger partial charge in [-0.05, 0) is 68.5 Å². The number of rotatable bonds is 8. The highest BCUT2D eigenvalue weighted by atomic mass is 19.1. The van der Waals surface area contributed by atoms with Crippen LogP contribution in [0, 0.1) is 18.7 Å². The van der Waals surface area contributed by atoms with Crippen LogP contribution in [-0.2, 0) is 19.1 Å². The zero-order chi connectivity index (χ0) is 29.0. The number of para-hydroxylation sites is 1. The molecule has 2 aliphatic heterocycles. The number of piperidine rings is 1. The summed E-state index contributed by atoms with van der Waals surface area (Å²) in [6.07, 6.45) is 0.737. The molecule has 3 amide bonds. The van der Waals surface area contributed by atoms with Crippen LogP contribution in [0.15, 0.2) is 48.5 Å². The first kappa shape index (κ1) is 29.0. The molecule has 10 heteroatoms. The van der Waals surface area contributed by atoms with Crippen molar-refractivity contribution in [2.24, 2.45) is 5.92 Å². The third-order valence-electron chi connectivity index (χ3n) is 7.63. The van der Waals surface area contributed by atoms with Gasteiger partial charge in [0, 0.05) is 24.3 Å². The molecule has 40 heavy (non-hydrogen) atoms. The van der Waals surface area contributed by atoms with Gasteiger partial charge in [0.1, 0.15) is 23.9 Å². The average molecular weight is 553 g/mol. The van der Waals surface area contributed by atoms with Crippen LogP contribution in [0.4, 0.5) is 10.1 Å². The van der Waals surface area contributed by atoms with Crippen molar-refractivity contribution in [1.29, 1.82) is 0 Å². The number of anilines is 1. The van der Waals surface area contributed by atoms with Gasteiger partial charge in [0.15, 0.2) is 0 Å². The lowest BCUT2D eigenvalue weighted by molar-refractivity contribution is -0.149. The van der Waals surface area contributed by atoms with Crippen LogP contribution >= 0.6 is 0 Å². The monoisotopic (exact) mass is 552 g/mol. The van der Waals surface area contributed by atoms with Crippen LogP contribution < -0.4 is 10.2 Å². The predicted octanol–water partition coefficient (Wildman–Crippen LogP) is 3.12. The second-order valence-electron chi connectivity index (χ2n) is 10.8.